The minimum absolute atomic E-state index is 0. The summed E-state index contributed by atoms with van der Waals surface area (Å²) in [5, 5.41) is 1.75. The van der Waals surface area contributed by atoms with Crippen molar-refractivity contribution in [1.29, 1.82) is 0 Å². The first-order chi connectivity index (χ1) is 13.0. The predicted molar refractivity (Wildman–Crippen MR) is 112 cm³/mol. The molecule has 3 aromatic rings. The summed E-state index contributed by atoms with van der Waals surface area (Å²) in [5.41, 5.74) is 1.81. The Balaban J connectivity index is 0.00000280. The number of fused-ring (bicyclic) bond motifs is 1. The van der Waals surface area contributed by atoms with Crippen molar-refractivity contribution in [3.63, 3.8) is 0 Å². The van der Waals surface area contributed by atoms with Gasteiger partial charge in [0, 0.05) is 30.6 Å². The molecule has 1 heterocycles. The molecule has 0 aliphatic heterocycles. The minimum atomic E-state index is -0.0785. The van der Waals surface area contributed by atoms with Crippen molar-refractivity contribution < 1.29 is 18.9 Å². The molecule has 0 radical (unpaired) electrons. The van der Waals surface area contributed by atoms with Gasteiger partial charge in [-0.2, -0.15) is 0 Å². The molecule has 2 aromatic carbocycles. The lowest BCUT2D eigenvalue weighted by atomic mass is 10.0. The quantitative estimate of drug-likeness (QED) is 0.627. The highest BCUT2D eigenvalue weighted by atomic mass is 35.5. The maximum atomic E-state index is 12.5. The molecule has 0 saturated heterocycles. The third kappa shape index (κ3) is 3.87. The average molecular weight is 406 g/mol. The normalized spacial score (nSPS) is 10.3. The molecular weight excluding hydrogens is 382 g/mol. The molecule has 0 fully saturated rings. The number of hydrogen-bond donors (Lipinski definition) is 0. The number of hydrogen-bond acceptors (Lipinski definition) is 5. The van der Waals surface area contributed by atoms with Gasteiger partial charge in [0.2, 0.25) is 0 Å². The van der Waals surface area contributed by atoms with Gasteiger partial charge in [0.25, 0.3) is 5.56 Å². The molecule has 0 atom stereocenters. The zero-order valence-corrected chi connectivity index (χ0v) is 17.4. The zero-order valence-electron chi connectivity index (χ0n) is 16.6. The highest BCUT2D eigenvalue weighted by Crippen LogP contribution is 2.34. The fraction of sp³-hybridized carbons (Fsp3) is 0.286. The molecule has 0 bridgehead atoms. The summed E-state index contributed by atoms with van der Waals surface area (Å²) in [5.74, 6) is 2.53. The second-order valence-electron chi connectivity index (χ2n) is 6.15. The number of pyridine rings is 1. The first-order valence-corrected chi connectivity index (χ1v) is 8.48. The topological polar surface area (TPSA) is 58.9 Å². The highest BCUT2D eigenvalue weighted by molar-refractivity contribution is 5.88. The molecule has 0 N–H and O–H groups in total. The first kappa shape index (κ1) is 21.4. The van der Waals surface area contributed by atoms with Crippen LogP contribution in [-0.2, 0) is 13.5 Å². The van der Waals surface area contributed by atoms with E-state index in [1.54, 1.807) is 46.1 Å². The Morgan fingerprint density at radius 1 is 0.786 bits per heavy atom. The van der Waals surface area contributed by atoms with E-state index < -0.39 is 0 Å². The number of nitrogens with zero attached hydrogens (tertiary/aromatic N) is 1. The van der Waals surface area contributed by atoms with Gasteiger partial charge in [-0.05, 0) is 35.2 Å². The molecule has 3 rings (SSSR count). The summed E-state index contributed by atoms with van der Waals surface area (Å²) >= 11 is 0. The van der Waals surface area contributed by atoms with Gasteiger partial charge in [-0.3, -0.25) is 4.79 Å². The van der Waals surface area contributed by atoms with Gasteiger partial charge in [0.05, 0.1) is 28.4 Å². The van der Waals surface area contributed by atoms with Gasteiger partial charge in [-0.15, -0.1) is 12.4 Å². The summed E-state index contributed by atoms with van der Waals surface area (Å²) in [6, 6.07) is 11.1. The van der Waals surface area contributed by atoms with Crippen LogP contribution in [0, 0.1) is 0 Å². The average Bonchev–Trinajstić information content (AvgIpc) is 2.70. The Labute approximate surface area is 170 Å². The molecule has 0 spiro atoms. The zero-order chi connectivity index (χ0) is 19.6. The number of methoxy groups -OCH3 is 4. The van der Waals surface area contributed by atoms with Gasteiger partial charge in [0.1, 0.15) is 0 Å². The highest BCUT2D eigenvalue weighted by Gasteiger charge is 2.14. The lowest BCUT2D eigenvalue weighted by Gasteiger charge is -2.16. The van der Waals surface area contributed by atoms with E-state index in [0.717, 1.165) is 22.0 Å². The van der Waals surface area contributed by atoms with E-state index in [1.807, 2.05) is 30.3 Å². The number of halogens is 1. The molecule has 0 aliphatic rings. The number of rotatable bonds is 6. The smallest absolute Gasteiger partial charge is 0.251 e. The molecular formula is C21H24ClNO5. The van der Waals surface area contributed by atoms with E-state index in [-0.39, 0.29) is 18.0 Å². The van der Waals surface area contributed by atoms with E-state index in [1.165, 1.54) is 0 Å². The van der Waals surface area contributed by atoms with Gasteiger partial charge < -0.3 is 23.5 Å². The van der Waals surface area contributed by atoms with Crippen LogP contribution in [0.2, 0.25) is 0 Å². The molecule has 0 amide bonds. The monoisotopic (exact) mass is 405 g/mol. The molecule has 28 heavy (non-hydrogen) atoms. The maximum absolute atomic E-state index is 12.5. The number of aromatic nitrogens is 1. The van der Waals surface area contributed by atoms with Crippen molar-refractivity contribution >= 4 is 23.2 Å². The van der Waals surface area contributed by atoms with E-state index in [4.69, 9.17) is 18.9 Å². The second kappa shape index (κ2) is 8.89. The van der Waals surface area contributed by atoms with Crippen molar-refractivity contribution in [3.05, 3.63) is 58.0 Å². The van der Waals surface area contributed by atoms with Crippen LogP contribution >= 0.6 is 12.4 Å². The van der Waals surface area contributed by atoms with Crippen molar-refractivity contribution in [3.8, 4) is 23.0 Å². The SMILES string of the molecule is COc1ccc(Cc2c3cc(OC)c(OC)cc3cc(=O)n2C)cc1OC.Cl. The van der Waals surface area contributed by atoms with E-state index >= 15 is 0 Å². The van der Waals surface area contributed by atoms with E-state index in [0.29, 0.717) is 29.4 Å². The van der Waals surface area contributed by atoms with Crippen molar-refractivity contribution in [2.75, 3.05) is 28.4 Å². The second-order valence-corrected chi connectivity index (χ2v) is 6.15. The largest absolute Gasteiger partial charge is 0.493 e. The minimum Gasteiger partial charge on any atom is -0.493 e. The molecule has 0 saturated carbocycles. The molecule has 1 aromatic heterocycles. The summed E-state index contributed by atoms with van der Waals surface area (Å²) in [6.07, 6.45) is 0.554. The van der Waals surface area contributed by atoms with Crippen LogP contribution in [0.15, 0.2) is 41.2 Å². The Hall–Kier alpha value is -2.86. The lowest BCUT2D eigenvalue weighted by molar-refractivity contribution is 0.354. The van der Waals surface area contributed by atoms with Crippen LogP contribution in [0.3, 0.4) is 0 Å². The molecule has 150 valence electrons. The number of benzene rings is 2. The van der Waals surface area contributed by atoms with Crippen molar-refractivity contribution in [2.45, 2.75) is 6.42 Å². The third-order valence-corrected chi connectivity index (χ3v) is 4.70. The standard InChI is InChI=1S/C21H23NO5.ClH/c1-22-16(8-13-6-7-17(24-2)18(9-13)25-3)15-12-20(27-5)19(26-4)10-14(15)11-21(22)23;/h6-7,9-12H,8H2,1-5H3;1H. The maximum Gasteiger partial charge on any atom is 0.251 e. The fourth-order valence-corrected chi connectivity index (χ4v) is 3.21. The van der Waals surface area contributed by atoms with Crippen molar-refractivity contribution in [1.82, 2.24) is 4.57 Å². The van der Waals surface area contributed by atoms with E-state index in [2.05, 4.69) is 0 Å². The number of ether oxygens (including phenoxy) is 4. The Morgan fingerprint density at radius 3 is 1.96 bits per heavy atom. The molecule has 0 unspecified atom stereocenters. The Morgan fingerprint density at radius 2 is 1.36 bits per heavy atom. The third-order valence-electron chi connectivity index (χ3n) is 4.70. The summed E-state index contributed by atoms with van der Waals surface area (Å²) in [7, 11) is 8.15. The van der Waals surface area contributed by atoms with E-state index in [9.17, 15) is 4.79 Å². The lowest BCUT2D eigenvalue weighted by Crippen LogP contribution is -2.20. The first-order valence-electron chi connectivity index (χ1n) is 8.48. The van der Waals surface area contributed by atoms with Crippen LogP contribution < -0.4 is 24.5 Å². The Kier molecular flexibility index (Phi) is 6.80. The van der Waals surface area contributed by atoms with Crippen LogP contribution in [0.1, 0.15) is 11.3 Å². The van der Waals surface area contributed by atoms with Crippen LogP contribution in [0.25, 0.3) is 10.8 Å². The van der Waals surface area contributed by atoms with Gasteiger partial charge in [-0.1, -0.05) is 6.07 Å². The molecule has 6 nitrogen and oxygen atoms in total. The summed E-state index contributed by atoms with van der Waals surface area (Å²) in [4.78, 5) is 12.5. The van der Waals surface area contributed by atoms with Crippen LogP contribution in [0.4, 0.5) is 0 Å². The van der Waals surface area contributed by atoms with Crippen LogP contribution in [-0.4, -0.2) is 33.0 Å². The van der Waals surface area contributed by atoms with Crippen molar-refractivity contribution in [2.24, 2.45) is 7.05 Å². The summed E-state index contributed by atoms with van der Waals surface area (Å²) < 4.78 is 23.2. The fourth-order valence-electron chi connectivity index (χ4n) is 3.21. The molecule has 0 aliphatic carbocycles. The van der Waals surface area contributed by atoms with Gasteiger partial charge in [-0.25, -0.2) is 0 Å². The van der Waals surface area contributed by atoms with Crippen LogP contribution in [0.5, 0.6) is 23.0 Å². The Bertz CT molecular complexity index is 1050. The van der Waals surface area contributed by atoms with Gasteiger partial charge >= 0.3 is 0 Å². The van der Waals surface area contributed by atoms with Gasteiger partial charge in [0.15, 0.2) is 23.0 Å². The molecule has 7 heteroatoms. The predicted octanol–water partition coefficient (Wildman–Crippen LogP) is 3.59. The summed E-state index contributed by atoms with van der Waals surface area (Å²) in [6.45, 7) is 0.